The van der Waals surface area contributed by atoms with Gasteiger partial charge >= 0.3 is 0 Å². The van der Waals surface area contributed by atoms with E-state index in [-0.39, 0.29) is 18.0 Å². The highest BCUT2D eigenvalue weighted by Crippen LogP contribution is 2.29. The molecule has 1 fully saturated rings. The average Bonchev–Trinajstić information content (AvgIpc) is 2.47. The van der Waals surface area contributed by atoms with E-state index < -0.39 is 15.4 Å². The first-order valence-electron chi connectivity index (χ1n) is 6.41. The Balaban J connectivity index is 2.06. The molecule has 1 aromatic rings. The van der Waals surface area contributed by atoms with E-state index in [1.165, 1.54) is 0 Å². The van der Waals surface area contributed by atoms with Gasteiger partial charge in [0.05, 0.1) is 11.5 Å². The number of ether oxygens (including phenoxy) is 1. The van der Waals surface area contributed by atoms with E-state index in [4.69, 9.17) is 4.74 Å². The third-order valence-corrected chi connectivity index (χ3v) is 5.60. The predicted octanol–water partition coefficient (Wildman–Crippen LogP) is 1.52. The Hall–Kier alpha value is -0.470. The minimum absolute atomic E-state index is 0.0424. The van der Waals surface area contributed by atoms with E-state index >= 15 is 0 Å². The minimum Gasteiger partial charge on any atom is -0.396 e. The van der Waals surface area contributed by atoms with E-state index in [2.05, 4.69) is 20.7 Å². The lowest BCUT2D eigenvalue weighted by molar-refractivity contribution is -0.0126. The van der Waals surface area contributed by atoms with Crippen LogP contribution in [0.15, 0.2) is 33.6 Å². The van der Waals surface area contributed by atoms with Gasteiger partial charge in [-0.2, -0.15) is 0 Å². The van der Waals surface area contributed by atoms with E-state index in [1.807, 2.05) is 0 Å². The largest absolute Gasteiger partial charge is 0.396 e. The first kappa shape index (κ1) is 15.9. The summed E-state index contributed by atoms with van der Waals surface area (Å²) in [6, 6.07) is 6.46. The van der Waals surface area contributed by atoms with E-state index in [1.54, 1.807) is 24.3 Å². The third-order valence-electron chi connectivity index (χ3n) is 3.65. The summed E-state index contributed by atoms with van der Waals surface area (Å²) in [6.07, 6.45) is 1.32. The number of hydrogen-bond acceptors (Lipinski definition) is 4. The molecule has 1 heterocycles. The molecule has 2 N–H and O–H groups in total. The van der Waals surface area contributed by atoms with Crippen molar-refractivity contribution in [3.05, 3.63) is 28.7 Å². The summed E-state index contributed by atoms with van der Waals surface area (Å²) in [5.74, 6) is 0. The number of halogens is 1. The fraction of sp³-hybridized carbons (Fsp3) is 0.538. The number of hydrogen-bond donors (Lipinski definition) is 2. The van der Waals surface area contributed by atoms with E-state index in [0.29, 0.717) is 26.1 Å². The lowest BCUT2D eigenvalue weighted by Crippen LogP contribution is -2.43. The fourth-order valence-electron chi connectivity index (χ4n) is 2.14. The van der Waals surface area contributed by atoms with Crippen molar-refractivity contribution in [2.45, 2.75) is 17.7 Å². The van der Waals surface area contributed by atoms with Crippen molar-refractivity contribution in [2.75, 3.05) is 26.4 Å². The van der Waals surface area contributed by atoms with Crippen molar-refractivity contribution in [1.29, 1.82) is 0 Å². The lowest BCUT2D eigenvalue weighted by Gasteiger charge is -2.35. The zero-order valence-electron chi connectivity index (χ0n) is 11.0. The van der Waals surface area contributed by atoms with Crippen LogP contribution in [0.4, 0.5) is 0 Å². The van der Waals surface area contributed by atoms with Gasteiger partial charge in [-0.3, -0.25) is 0 Å². The van der Waals surface area contributed by atoms with Gasteiger partial charge in [-0.15, -0.1) is 0 Å². The van der Waals surface area contributed by atoms with Crippen molar-refractivity contribution >= 4 is 26.0 Å². The maximum Gasteiger partial charge on any atom is 0.240 e. The molecule has 2 rings (SSSR count). The van der Waals surface area contributed by atoms with Crippen LogP contribution in [0.25, 0.3) is 0 Å². The van der Waals surface area contributed by atoms with Crippen LogP contribution in [0.2, 0.25) is 0 Å². The highest BCUT2D eigenvalue weighted by atomic mass is 79.9. The summed E-state index contributed by atoms with van der Waals surface area (Å²) < 4.78 is 33.1. The Morgan fingerprint density at radius 2 is 1.85 bits per heavy atom. The van der Waals surface area contributed by atoms with Gasteiger partial charge in [-0.1, -0.05) is 15.9 Å². The molecule has 0 unspecified atom stereocenters. The molecule has 0 amide bonds. The summed E-state index contributed by atoms with van der Waals surface area (Å²) in [5, 5.41) is 9.55. The maximum atomic E-state index is 12.2. The standard InChI is InChI=1S/C13H18BrNO4S/c14-11-1-3-12(4-2-11)20(17,18)15-9-13(10-16)5-7-19-8-6-13/h1-4,15-16H,5-10H2. The Bertz CT molecular complexity index is 538. The zero-order chi connectivity index (χ0) is 14.6. The molecule has 112 valence electrons. The van der Waals surface area contributed by atoms with Crippen molar-refractivity contribution < 1.29 is 18.3 Å². The SMILES string of the molecule is O=S(=O)(NCC1(CO)CCOCC1)c1ccc(Br)cc1. The highest BCUT2D eigenvalue weighted by molar-refractivity contribution is 9.10. The maximum absolute atomic E-state index is 12.2. The molecular formula is C13H18BrNO4S. The molecule has 0 atom stereocenters. The molecule has 0 radical (unpaired) electrons. The topological polar surface area (TPSA) is 75.6 Å². The first-order chi connectivity index (χ1) is 9.47. The van der Waals surface area contributed by atoms with Crippen LogP contribution in [-0.2, 0) is 14.8 Å². The van der Waals surface area contributed by atoms with Gasteiger partial charge in [-0.05, 0) is 37.1 Å². The molecule has 0 saturated carbocycles. The molecule has 1 saturated heterocycles. The second-order valence-corrected chi connectivity index (χ2v) is 7.73. The molecule has 0 spiro atoms. The highest BCUT2D eigenvalue weighted by Gasteiger charge is 2.33. The third kappa shape index (κ3) is 3.79. The molecule has 1 aromatic carbocycles. The minimum atomic E-state index is -3.55. The molecule has 0 bridgehead atoms. The van der Waals surface area contributed by atoms with Crippen LogP contribution in [-0.4, -0.2) is 39.9 Å². The summed E-state index contributed by atoms with van der Waals surface area (Å²) >= 11 is 3.27. The van der Waals surface area contributed by atoms with Gasteiger partial charge in [-0.25, -0.2) is 13.1 Å². The van der Waals surface area contributed by atoms with Crippen molar-refractivity contribution in [2.24, 2.45) is 5.41 Å². The second kappa shape index (κ2) is 6.53. The molecule has 20 heavy (non-hydrogen) atoms. The van der Waals surface area contributed by atoms with Gasteiger partial charge in [0.1, 0.15) is 0 Å². The molecule has 7 heteroatoms. The van der Waals surface area contributed by atoms with Crippen LogP contribution in [0.5, 0.6) is 0 Å². The van der Waals surface area contributed by atoms with Crippen molar-refractivity contribution in [1.82, 2.24) is 4.72 Å². The van der Waals surface area contributed by atoms with Gasteiger partial charge in [0.25, 0.3) is 0 Å². The van der Waals surface area contributed by atoms with Gasteiger partial charge in [0, 0.05) is 29.6 Å². The van der Waals surface area contributed by atoms with Crippen molar-refractivity contribution in [3.8, 4) is 0 Å². The van der Waals surface area contributed by atoms with Crippen LogP contribution < -0.4 is 4.72 Å². The molecule has 0 aromatic heterocycles. The number of aliphatic hydroxyl groups is 1. The Kier molecular flexibility index (Phi) is 5.19. The van der Waals surface area contributed by atoms with Crippen LogP contribution in [0, 0.1) is 5.41 Å². The monoisotopic (exact) mass is 363 g/mol. The molecule has 0 aliphatic carbocycles. The van der Waals surface area contributed by atoms with Crippen LogP contribution in [0.1, 0.15) is 12.8 Å². The van der Waals surface area contributed by atoms with Gasteiger partial charge in [0.15, 0.2) is 0 Å². The first-order valence-corrected chi connectivity index (χ1v) is 8.69. The number of sulfonamides is 1. The normalized spacial score (nSPS) is 18.9. The zero-order valence-corrected chi connectivity index (χ0v) is 13.4. The van der Waals surface area contributed by atoms with E-state index in [9.17, 15) is 13.5 Å². The van der Waals surface area contributed by atoms with Crippen molar-refractivity contribution in [3.63, 3.8) is 0 Å². The van der Waals surface area contributed by atoms with Crippen LogP contribution >= 0.6 is 15.9 Å². The molecule has 5 nitrogen and oxygen atoms in total. The average molecular weight is 364 g/mol. The lowest BCUT2D eigenvalue weighted by atomic mass is 9.81. The smallest absolute Gasteiger partial charge is 0.240 e. The Labute approximate surface area is 127 Å². The summed E-state index contributed by atoms with van der Waals surface area (Å²) in [4.78, 5) is 0.223. The van der Waals surface area contributed by atoms with Gasteiger partial charge in [0.2, 0.25) is 10.0 Å². The molecule has 1 aliphatic rings. The summed E-state index contributed by atoms with van der Waals surface area (Å²) in [5.41, 5.74) is -0.416. The molecule has 1 aliphatic heterocycles. The number of rotatable bonds is 5. The Morgan fingerprint density at radius 3 is 2.40 bits per heavy atom. The number of nitrogens with one attached hydrogen (secondary N) is 1. The molecular weight excluding hydrogens is 346 g/mol. The second-order valence-electron chi connectivity index (χ2n) is 5.05. The summed E-state index contributed by atoms with van der Waals surface area (Å²) in [7, 11) is -3.55. The number of aliphatic hydroxyl groups excluding tert-OH is 1. The predicted molar refractivity (Wildman–Crippen MR) is 78.9 cm³/mol. The van der Waals surface area contributed by atoms with Gasteiger partial charge < -0.3 is 9.84 Å². The van der Waals surface area contributed by atoms with Crippen LogP contribution in [0.3, 0.4) is 0 Å². The van der Waals surface area contributed by atoms with E-state index in [0.717, 1.165) is 4.47 Å². The number of benzene rings is 1. The fourth-order valence-corrected chi connectivity index (χ4v) is 3.56. The Morgan fingerprint density at radius 1 is 1.25 bits per heavy atom. The quantitative estimate of drug-likeness (QED) is 0.831. The summed E-state index contributed by atoms with van der Waals surface area (Å²) in [6.45, 7) is 1.30.